The second kappa shape index (κ2) is 7.28. The number of hydrogen-bond acceptors (Lipinski definition) is 5. The van der Waals surface area contributed by atoms with E-state index in [4.69, 9.17) is 4.74 Å². The van der Waals surface area contributed by atoms with Gasteiger partial charge in [-0.05, 0) is 49.3 Å². The summed E-state index contributed by atoms with van der Waals surface area (Å²) in [6.07, 6.45) is 9.94. The van der Waals surface area contributed by atoms with E-state index < -0.39 is 0 Å². The fourth-order valence-corrected chi connectivity index (χ4v) is 5.82. The number of ether oxygens (including phenoxy) is 1. The highest BCUT2D eigenvalue weighted by Gasteiger charge is 2.51. The average molecular weight is 394 g/mol. The molecule has 0 radical (unpaired) electrons. The molecule has 1 aromatic heterocycles. The summed E-state index contributed by atoms with van der Waals surface area (Å²) in [6, 6.07) is 6.06. The molecule has 5 heteroatoms. The standard InChI is InChI=1S/C24H31N3O2/c1-17-6-5-8-24(2)15-21-18(14-20(17)24)19(23(28)29-21)16-26-10-12-27(13-11-26)22-7-3-4-9-25-22/h3-4,6-7,9,14,18-19,21H,5,8,10-13,15-16H2,1-2H3. The van der Waals surface area contributed by atoms with E-state index in [0.717, 1.165) is 57.8 Å². The van der Waals surface area contributed by atoms with Crippen LogP contribution in [-0.4, -0.2) is 54.7 Å². The van der Waals surface area contributed by atoms with E-state index in [1.54, 1.807) is 0 Å². The number of piperazine rings is 1. The molecular formula is C24H31N3O2. The van der Waals surface area contributed by atoms with E-state index in [0.29, 0.717) is 0 Å². The maximum absolute atomic E-state index is 12.8. The summed E-state index contributed by atoms with van der Waals surface area (Å²) in [5.74, 6) is 1.24. The smallest absolute Gasteiger partial charge is 0.311 e. The predicted octanol–water partition coefficient (Wildman–Crippen LogP) is 3.44. The van der Waals surface area contributed by atoms with Gasteiger partial charge < -0.3 is 9.64 Å². The van der Waals surface area contributed by atoms with Crippen molar-refractivity contribution in [2.45, 2.75) is 39.2 Å². The number of carbonyl (C=O) groups is 1. The zero-order chi connectivity index (χ0) is 20.0. The molecule has 2 fully saturated rings. The Balaban J connectivity index is 1.28. The zero-order valence-electron chi connectivity index (χ0n) is 17.5. The van der Waals surface area contributed by atoms with Crippen molar-refractivity contribution in [3.63, 3.8) is 0 Å². The first-order valence-electron chi connectivity index (χ1n) is 11.0. The van der Waals surface area contributed by atoms with Crippen LogP contribution in [0.5, 0.6) is 0 Å². The van der Waals surface area contributed by atoms with Crippen LogP contribution in [0, 0.1) is 17.3 Å². The quantitative estimate of drug-likeness (QED) is 0.736. The molecule has 2 aliphatic carbocycles. The first-order chi connectivity index (χ1) is 14.0. The van der Waals surface area contributed by atoms with Gasteiger partial charge in [0.1, 0.15) is 11.9 Å². The van der Waals surface area contributed by atoms with Crippen molar-refractivity contribution in [1.82, 2.24) is 9.88 Å². The molecular weight excluding hydrogens is 362 g/mol. The number of rotatable bonds is 3. The Hall–Kier alpha value is -2.14. The Bertz CT molecular complexity index is 841. The highest BCUT2D eigenvalue weighted by atomic mass is 16.6. The molecule has 0 bridgehead atoms. The number of pyridine rings is 1. The Morgan fingerprint density at radius 1 is 1.24 bits per heavy atom. The number of allylic oxidation sites excluding steroid dienone is 3. The second-order valence-corrected chi connectivity index (χ2v) is 9.41. The number of fused-ring (bicyclic) bond motifs is 2. The van der Waals surface area contributed by atoms with Gasteiger partial charge in [-0.25, -0.2) is 4.98 Å². The molecule has 0 N–H and O–H groups in total. The van der Waals surface area contributed by atoms with Gasteiger partial charge in [0.25, 0.3) is 0 Å². The SMILES string of the molecule is CC1=CCCC2(C)CC3OC(=O)C(CN4CCN(c5ccccn5)CC4)C3C=C12. The fraction of sp³-hybridized carbons (Fsp3) is 0.583. The van der Waals surface area contributed by atoms with Crippen molar-refractivity contribution < 1.29 is 9.53 Å². The summed E-state index contributed by atoms with van der Waals surface area (Å²) in [7, 11) is 0. The zero-order valence-corrected chi connectivity index (χ0v) is 17.5. The molecule has 5 nitrogen and oxygen atoms in total. The van der Waals surface area contributed by atoms with E-state index in [1.807, 2.05) is 18.3 Å². The molecule has 0 saturated carbocycles. The number of nitrogens with zero attached hydrogens (tertiary/aromatic N) is 3. The van der Waals surface area contributed by atoms with Crippen molar-refractivity contribution in [2.75, 3.05) is 37.6 Å². The minimum Gasteiger partial charge on any atom is -0.461 e. The van der Waals surface area contributed by atoms with E-state index in [2.05, 4.69) is 46.8 Å². The molecule has 2 aliphatic heterocycles. The number of hydrogen-bond donors (Lipinski definition) is 0. The second-order valence-electron chi connectivity index (χ2n) is 9.41. The summed E-state index contributed by atoms with van der Waals surface area (Å²) in [4.78, 5) is 22.0. The Morgan fingerprint density at radius 3 is 2.83 bits per heavy atom. The predicted molar refractivity (Wildman–Crippen MR) is 114 cm³/mol. The molecule has 29 heavy (non-hydrogen) atoms. The lowest BCUT2D eigenvalue weighted by Crippen LogP contribution is -2.49. The number of esters is 1. The number of anilines is 1. The maximum Gasteiger partial charge on any atom is 0.311 e. The molecule has 3 heterocycles. The van der Waals surface area contributed by atoms with Crippen LogP contribution in [0.1, 0.15) is 33.1 Å². The van der Waals surface area contributed by atoms with Gasteiger partial charge >= 0.3 is 5.97 Å². The van der Waals surface area contributed by atoms with E-state index in [1.165, 1.54) is 11.1 Å². The minimum absolute atomic E-state index is 0.00730. The van der Waals surface area contributed by atoms with Crippen molar-refractivity contribution >= 4 is 11.8 Å². The molecule has 4 atom stereocenters. The van der Waals surface area contributed by atoms with Gasteiger partial charge in [0, 0.05) is 44.8 Å². The molecule has 1 aromatic rings. The molecule has 5 rings (SSSR count). The van der Waals surface area contributed by atoms with Gasteiger partial charge in [-0.15, -0.1) is 0 Å². The average Bonchev–Trinajstić information content (AvgIpc) is 3.01. The third-order valence-electron chi connectivity index (χ3n) is 7.50. The van der Waals surface area contributed by atoms with Gasteiger partial charge in [0.2, 0.25) is 0 Å². The third kappa shape index (κ3) is 3.39. The topological polar surface area (TPSA) is 45.7 Å². The van der Waals surface area contributed by atoms with Crippen molar-refractivity contribution in [2.24, 2.45) is 17.3 Å². The largest absolute Gasteiger partial charge is 0.461 e. The molecule has 0 aromatic carbocycles. The first kappa shape index (κ1) is 18.9. The summed E-state index contributed by atoms with van der Waals surface area (Å²) < 4.78 is 5.91. The van der Waals surface area contributed by atoms with Crippen molar-refractivity contribution in [1.29, 1.82) is 0 Å². The highest BCUT2D eigenvalue weighted by Crippen LogP contribution is 2.52. The highest BCUT2D eigenvalue weighted by molar-refractivity contribution is 5.76. The van der Waals surface area contributed by atoms with Crippen LogP contribution in [0.2, 0.25) is 0 Å². The summed E-state index contributed by atoms with van der Waals surface area (Å²) in [5.41, 5.74) is 3.04. The van der Waals surface area contributed by atoms with E-state index in [9.17, 15) is 4.79 Å². The summed E-state index contributed by atoms with van der Waals surface area (Å²) in [6.45, 7) is 9.22. The van der Waals surface area contributed by atoms with E-state index in [-0.39, 0.29) is 29.3 Å². The van der Waals surface area contributed by atoms with Gasteiger partial charge in [0.05, 0.1) is 5.92 Å². The van der Waals surface area contributed by atoms with Gasteiger partial charge in [-0.1, -0.05) is 30.7 Å². The third-order valence-corrected chi connectivity index (χ3v) is 7.50. The van der Waals surface area contributed by atoms with Crippen LogP contribution in [0.3, 0.4) is 0 Å². The first-order valence-corrected chi connectivity index (χ1v) is 11.0. The van der Waals surface area contributed by atoms with Crippen LogP contribution in [0.4, 0.5) is 5.82 Å². The number of carbonyl (C=O) groups excluding carboxylic acids is 1. The molecule has 4 unspecified atom stereocenters. The van der Waals surface area contributed by atoms with Crippen LogP contribution in [0.15, 0.2) is 47.7 Å². The van der Waals surface area contributed by atoms with Gasteiger partial charge in [-0.3, -0.25) is 9.69 Å². The van der Waals surface area contributed by atoms with Gasteiger partial charge in [0.15, 0.2) is 0 Å². The van der Waals surface area contributed by atoms with Crippen LogP contribution < -0.4 is 4.90 Å². The maximum atomic E-state index is 12.8. The number of aromatic nitrogens is 1. The van der Waals surface area contributed by atoms with Crippen molar-refractivity contribution in [3.05, 3.63) is 47.7 Å². The minimum atomic E-state index is -0.0341. The lowest BCUT2D eigenvalue weighted by molar-refractivity contribution is -0.145. The van der Waals surface area contributed by atoms with Crippen LogP contribution in [0.25, 0.3) is 0 Å². The molecule has 2 saturated heterocycles. The normalized spacial score (nSPS) is 34.8. The molecule has 0 amide bonds. The fourth-order valence-electron chi connectivity index (χ4n) is 5.82. The summed E-state index contributed by atoms with van der Waals surface area (Å²) >= 11 is 0. The monoisotopic (exact) mass is 393 g/mol. The summed E-state index contributed by atoms with van der Waals surface area (Å²) in [5, 5.41) is 0. The Kier molecular flexibility index (Phi) is 4.73. The lowest BCUT2D eigenvalue weighted by Gasteiger charge is -2.43. The van der Waals surface area contributed by atoms with Gasteiger partial charge in [-0.2, -0.15) is 0 Å². The van der Waals surface area contributed by atoms with E-state index >= 15 is 0 Å². The van der Waals surface area contributed by atoms with Crippen LogP contribution >= 0.6 is 0 Å². The van der Waals surface area contributed by atoms with Crippen LogP contribution in [-0.2, 0) is 9.53 Å². The molecule has 4 aliphatic rings. The Morgan fingerprint density at radius 2 is 2.07 bits per heavy atom. The van der Waals surface area contributed by atoms with Crippen molar-refractivity contribution in [3.8, 4) is 0 Å². The molecule has 0 spiro atoms. The molecule has 154 valence electrons. The Labute approximate surface area is 173 Å². The lowest BCUT2D eigenvalue weighted by atomic mass is 9.62.